The Kier molecular flexibility index (Phi) is 4.59. The smallest absolute Gasteiger partial charge is 0.0387 e. The van der Waals surface area contributed by atoms with Gasteiger partial charge in [-0.2, -0.15) is 0 Å². The van der Waals surface area contributed by atoms with Crippen LogP contribution in [-0.2, 0) is 0 Å². The number of rotatable bonds is 2. The van der Waals surface area contributed by atoms with Crippen LogP contribution in [0.25, 0.3) is 0 Å². The predicted octanol–water partition coefficient (Wildman–Crippen LogP) is 2.97. The first-order valence-electron chi connectivity index (χ1n) is 7.63. The van der Waals surface area contributed by atoms with Gasteiger partial charge in [0.1, 0.15) is 0 Å². The van der Waals surface area contributed by atoms with Crippen molar-refractivity contribution in [3.63, 3.8) is 0 Å². The van der Waals surface area contributed by atoms with E-state index in [2.05, 4.69) is 74.2 Å². The van der Waals surface area contributed by atoms with Gasteiger partial charge in [-0.3, -0.25) is 0 Å². The van der Waals surface area contributed by atoms with E-state index in [1.165, 1.54) is 17.8 Å². The highest BCUT2D eigenvalue weighted by Gasteiger charge is 2.28. The first-order valence-corrected chi connectivity index (χ1v) is 7.63. The van der Waals surface area contributed by atoms with Gasteiger partial charge in [-0.05, 0) is 36.6 Å². The van der Waals surface area contributed by atoms with E-state index >= 15 is 0 Å². The molecule has 0 amide bonds. The van der Waals surface area contributed by atoms with Crippen LogP contribution in [0.1, 0.15) is 27.2 Å². The summed E-state index contributed by atoms with van der Waals surface area (Å²) >= 11 is 0. The molecule has 1 unspecified atom stereocenters. The van der Waals surface area contributed by atoms with Crippen molar-refractivity contribution in [1.29, 1.82) is 0 Å². The Morgan fingerprint density at radius 2 is 2.00 bits per heavy atom. The zero-order valence-electron chi connectivity index (χ0n) is 13.6. The fraction of sp³-hybridized carbons (Fsp3) is 0.647. The molecule has 0 spiro atoms. The molecule has 2 rings (SSSR count). The molecule has 1 N–H and O–H groups in total. The van der Waals surface area contributed by atoms with Crippen molar-refractivity contribution in [3.05, 3.63) is 24.3 Å². The molecular formula is C17H29N3. The summed E-state index contributed by atoms with van der Waals surface area (Å²) in [6, 6.07) is 9.40. The lowest BCUT2D eigenvalue weighted by Crippen LogP contribution is -2.46. The molecule has 1 saturated heterocycles. The Morgan fingerprint density at radius 3 is 2.65 bits per heavy atom. The normalized spacial score (nSPS) is 20.6. The van der Waals surface area contributed by atoms with Gasteiger partial charge in [0.2, 0.25) is 0 Å². The van der Waals surface area contributed by atoms with Gasteiger partial charge in [0, 0.05) is 44.6 Å². The van der Waals surface area contributed by atoms with Gasteiger partial charge < -0.3 is 15.1 Å². The molecule has 3 nitrogen and oxygen atoms in total. The van der Waals surface area contributed by atoms with Crippen LogP contribution in [0.2, 0.25) is 0 Å². The summed E-state index contributed by atoms with van der Waals surface area (Å²) in [7, 11) is 4.20. The van der Waals surface area contributed by atoms with Crippen LogP contribution < -0.4 is 15.1 Å². The molecule has 1 atom stereocenters. The van der Waals surface area contributed by atoms with Crippen molar-refractivity contribution in [2.24, 2.45) is 5.41 Å². The lowest BCUT2D eigenvalue weighted by Gasteiger charge is -2.34. The average molecular weight is 275 g/mol. The van der Waals surface area contributed by atoms with Crippen LogP contribution in [0.4, 0.5) is 11.4 Å². The largest absolute Gasteiger partial charge is 0.378 e. The van der Waals surface area contributed by atoms with Crippen LogP contribution in [0.15, 0.2) is 24.3 Å². The summed E-state index contributed by atoms with van der Waals surface area (Å²) in [4.78, 5) is 4.70. The van der Waals surface area contributed by atoms with Crippen molar-refractivity contribution in [3.8, 4) is 0 Å². The molecule has 1 aliphatic heterocycles. The third kappa shape index (κ3) is 3.66. The molecule has 0 saturated carbocycles. The van der Waals surface area contributed by atoms with E-state index in [1.54, 1.807) is 0 Å². The summed E-state index contributed by atoms with van der Waals surface area (Å²) in [6.45, 7) is 10.3. The van der Waals surface area contributed by atoms with Crippen LogP contribution in [0.3, 0.4) is 0 Å². The number of hydrogen-bond donors (Lipinski definition) is 1. The highest BCUT2D eigenvalue weighted by Crippen LogP contribution is 2.26. The molecule has 0 aromatic heterocycles. The molecular weight excluding hydrogens is 246 g/mol. The number of nitrogens with one attached hydrogen (secondary N) is 1. The van der Waals surface area contributed by atoms with Crippen molar-refractivity contribution in [2.45, 2.75) is 33.2 Å². The van der Waals surface area contributed by atoms with E-state index in [1.807, 2.05) is 0 Å². The lowest BCUT2D eigenvalue weighted by molar-refractivity contribution is 0.280. The second-order valence-electron chi connectivity index (χ2n) is 7.09. The second kappa shape index (κ2) is 6.04. The summed E-state index contributed by atoms with van der Waals surface area (Å²) in [5.41, 5.74) is 2.91. The standard InChI is InChI=1S/C17H29N3/c1-17(2,3)16-13-20(11-7-10-18-16)15-9-6-8-14(12-15)19(4)5/h6,8-9,12,16,18H,7,10-11,13H2,1-5H3. The summed E-state index contributed by atoms with van der Waals surface area (Å²) in [5, 5.41) is 3.71. The average Bonchev–Trinajstić information content (AvgIpc) is 2.64. The second-order valence-corrected chi connectivity index (χ2v) is 7.09. The minimum atomic E-state index is 0.293. The van der Waals surface area contributed by atoms with Gasteiger partial charge in [0.05, 0.1) is 0 Å². The van der Waals surface area contributed by atoms with Crippen LogP contribution in [0, 0.1) is 5.41 Å². The minimum Gasteiger partial charge on any atom is -0.378 e. The highest BCUT2D eigenvalue weighted by molar-refractivity contribution is 5.59. The fourth-order valence-corrected chi connectivity index (χ4v) is 2.70. The van der Waals surface area contributed by atoms with E-state index in [4.69, 9.17) is 0 Å². The van der Waals surface area contributed by atoms with Gasteiger partial charge in [-0.15, -0.1) is 0 Å². The zero-order chi connectivity index (χ0) is 14.8. The molecule has 1 heterocycles. The molecule has 112 valence electrons. The molecule has 0 bridgehead atoms. The Morgan fingerprint density at radius 1 is 1.25 bits per heavy atom. The van der Waals surface area contributed by atoms with E-state index in [-0.39, 0.29) is 0 Å². The van der Waals surface area contributed by atoms with Crippen molar-refractivity contribution < 1.29 is 0 Å². The molecule has 0 aliphatic carbocycles. The van der Waals surface area contributed by atoms with Crippen LogP contribution >= 0.6 is 0 Å². The number of anilines is 2. The fourth-order valence-electron chi connectivity index (χ4n) is 2.70. The maximum atomic E-state index is 3.71. The summed E-state index contributed by atoms with van der Waals surface area (Å²) in [6.07, 6.45) is 1.21. The molecule has 1 fully saturated rings. The third-order valence-corrected chi connectivity index (χ3v) is 4.16. The first-order chi connectivity index (χ1) is 9.38. The zero-order valence-corrected chi connectivity index (χ0v) is 13.6. The number of hydrogen-bond acceptors (Lipinski definition) is 3. The van der Waals surface area contributed by atoms with Crippen LogP contribution in [0.5, 0.6) is 0 Å². The molecule has 1 aromatic rings. The lowest BCUT2D eigenvalue weighted by atomic mass is 9.86. The van der Waals surface area contributed by atoms with E-state index in [9.17, 15) is 0 Å². The van der Waals surface area contributed by atoms with Gasteiger partial charge in [-0.25, -0.2) is 0 Å². The molecule has 1 aromatic carbocycles. The SMILES string of the molecule is CN(C)c1cccc(N2CCCNC(C(C)(C)C)C2)c1. The van der Waals surface area contributed by atoms with Gasteiger partial charge >= 0.3 is 0 Å². The highest BCUT2D eigenvalue weighted by atomic mass is 15.2. The number of benzene rings is 1. The third-order valence-electron chi connectivity index (χ3n) is 4.16. The van der Waals surface area contributed by atoms with Gasteiger partial charge in [0.25, 0.3) is 0 Å². The van der Waals surface area contributed by atoms with E-state index in [0.717, 1.165) is 19.6 Å². The minimum absolute atomic E-state index is 0.293. The van der Waals surface area contributed by atoms with Crippen molar-refractivity contribution in [2.75, 3.05) is 43.5 Å². The Bertz CT molecular complexity index is 434. The Labute approximate surface area is 124 Å². The maximum Gasteiger partial charge on any atom is 0.0387 e. The topological polar surface area (TPSA) is 18.5 Å². The Balaban J connectivity index is 2.20. The first kappa shape index (κ1) is 15.2. The maximum absolute atomic E-state index is 3.71. The summed E-state index contributed by atoms with van der Waals surface area (Å²) < 4.78 is 0. The molecule has 20 heavy (non-hydrogen) atoms. The summed E-state index contributed by atoms with van der Waals surface area (Å²) in [5.74, 6) is 0. The molecule has 0 radical (unpaired) electrons. The van der Waals surface area contributed by atoms with E-state index in [0.29, 0.717) is 11.5 Å². The Hall–Kier alpha value is -1.22. The van der Waals surface area contributed by atoms with E-state index < -0.39 is 0 Å². The quantitative estimate of drug-likeness (QED) is 0.895. The van der Waals surface area contributed by atoms with Crippen LogP contribution in [-0.4, -0.2) is 39.8 Å². The van der Waals surface area contributed by atoms with Gasteiger partial charge in [-0.1, -0.05) is 26.8 Å². The molecule has 1 aliphatic rings. The molecule has 3 heteroatoms. The van der Waals surface area contributed by atoms with Crippen molar-refractivity contribution in [1.82, 2.24) is 5.32 Å². The van der Waals surface area contributed by atoms with Gasteiger partial charge in [0.15, 0.2) is 0 Å². The number of nitrogens with zero attached hydrogens (tertiary/aromatic N) is 2. The van der Waals surface area contributed by atoms with Crippen molar-refractivity contribution >= 4 is 11.4 Å². The monoisotopic (exact) mass is 275 g/mol. The predicted molar refractivity (Wildman–Crippen MR) is 88.8 cm³/mol.